The molecule has 0 saturated heterocycles. The highest BCUT2D eigenvalue weighted by molar-refractivity contribution is 5.26. The first-order valence-corrected chi connectivity index (χ1v) is 7.66. The van der Waals surface area contributed by atoms with Crippen LogP contribution in [0.5, 0.6) is 0 Å². The largest absolute Gasteiger partial charge is 0.380 e. The summed E-state index contributed by atoms with van der Waals surface area (Å²) in [4.78, 5) is 0. The third-order valence-electron chi connectivity index (χ3n) is 4.17. The molecule has 0 radical (unpaired) electrons. The average Bonchev–Trinajstić information content (AvgIpc) is 2.94. The van der Waals surface area contributed by atoms with Gasteiger partial charge >= 0.3 is 0 Å². The molecule has 2 nitrogen and oxygen atoms in total. The molecule has 106 valence electrons. The van der Waals surface area contributed by atoms with E-state index in [1.165, 1.54) is 49.7 Å². The summed E-state index contributed by atoms with van der Waals surface area (Å²) in [5.41, 5.74) is 2.67. The normalized spacial score (nSPS) is 16.1. The molecule has 0 spiro atoms. The van der Waals surface area contributed by atoms with E-state index in [1.807, 2.05) is 0 Å². The van der Waals surface area contributed by atoms with Gasteiger partial charge in [-0.3, -0.25) is 0 Å². The lowest BCUT2D eigenvalue weighted by Crippen LogP contribution is -2.16. The summed E-state index contributed by atoms with van der Waals surface area (Å²) in [6.07, 6.45) is 8.59. The van der Waals surface area contributed by atoms with Gasteiger partial charge in [0.15, 0.2) is 0 Å². The molecular weight excluding hydrogens is 234 g/mol. The molecule has 0 unspecified atom stereocenters. The standard InChI is InChI=1S/C17H27NO/c1-19-14-17-11-5-4-10-16(17)13-18-12-6-9-15-7-2-3-8-15/h4-5,10-11,15,18H,2-3,6-9,12-14H2,1H3. The van der Waals surface area contributed by atoms with Gasteiger partial charge in [-0.05, 0) is 36.4 Å². The number of ether oxygens (including phenoxy) is 1. The Bertz CT molecular complexity index is 358. The lowest BCUT2D eigenvalue weighted by atomic mass is 10.0. The van der Waals surface area contributed by atoms with Crippen molar-refractivity contribution in [2.45, 2.75) is 51.7 Å². The highest BCUT2D eigenvalue weighted by Gasteiger charge is 2.13. The van der Waals surface area contributed by atoms with Gasteiger partial charge in [0.1, 0.15) is 0 Å². The summed E-state index contributed by atoms with van der Waals surface area (Å²) in [7, 11) is 1.76. The van der Waals surface area contributed by atoms with E-state index < -0.39 is 0 Å². The van der Waals surface area contributed by atoms with E-state index in [1.54, 1.807) is 7.11 Å². The maximum atomic E-state index is 5.24. The van der Waals surface area contributed by atoms with E-state index in [9.17, 15) is 0 Å². The number of hydrogen-bond acceptors (Lipinski definition) is 2. The van der Waals surface area contributed by atoms with Crippen LogP contribution in [0.1, 0.15) is 49.7 Å². The van der Waals surface area contributed by atoms with Gasteiger partial charge in [0.05, 0.1) is 6.61 Å². The Morgan fingerprint density at radius 3 is 2.63 bits per heavy atom. The molecule has 1 saturated carbocycles. The van der Waals surface area contributed by atoms with Crippen LogP contribution in [0.2, 0.25) is 0 Å². The lowest BCUT2D eigenvalue weighted by Gasteiger charge is -2.11. The maximum absolute atomic E-state index is 5.24. The zero-order chi connectivity index (χ0) is 13.3. The quantitative estimate of drug-likeness (QED) is 0.717. The molecule has 2 rings (SSSR count). The third kappa shape index (κ3) is 4.96. The first-order chi connectivity index (χ1) is 9.40. The monoisotopic (exact) mass is 261 g/mol. The Balaban J connectivity index is 1.64. The molecule has 19 heavy (non-hydrogen) atoms. The van der Waals surface area contributed by atoms with Crippen molar-refractivity contribution in [1.29, 1.82) is 0 Å². The summed E-state index contributed by atoms with van der Waals surface area (Å²) < 4.78 is 5.24. The van der Waals surface area contributed by atoms with E-state index in [4.69, 9.17) is 4.74 Å². The molecule has 1 aliphatic rings. The van der Waals surface area contributed by atoms with Crippen LogP contribution in [-0.2, 0) is 17.9 Å². The fraction of sp³-hybridized carbons (Fsp3) is 0.647. The molecule has 1 N–H and O–H groups in total. The number of benzene rings is 1. The van der Waals surface area contributed by atoms with Gasteiger partial charge in [-0.25, -0.2) is 0 Å². The molecule has 1 fully saturated rings. The summed E-state index contributed by atoms with van der Waals surface area (Å²) in [5, 5.41) is 3.57. The van der Waals surface area contributed by atoms with Crippen LogP contribution in [0, 0.1) is 5.92 Å². The Labute approximate surface area is 117 Å². The van der Waals surface area contributed by atoms with Gasteiger partial charge < -0.3 is 10.1 Å². The minimum atomic E-state index is 0.708. The lowest BCUT2D eigenvalue weighted by molar-refractivity contribution is 0.184. The van der Waals surface area contributed by atoms with Crippen LogP contribution in [0.3, 0.4) is 0 Å². The number of methoxy groups -OCH3 is 1. The molecule has 1 aromatic rings. The smallest absolute Gasteiger partial charge is 0.0716 e. The SMILES string of the molecule is COCc1ccccc1CNCCCC1CCCC1. The summed E-state index contributed by atoms with van der Waals surface area (Å²) in [5.74, 6) is 1.02. The van der Waals surface area contributed by atoms with Gasteiger partial charge in [-0.2, -0.15) is 0 Å². The Kier molecular flexibility index (Phi) is 6.38. The second-order valence-electron chi connectivity index (χ2n) is 5.67. The van der Waals surface area contributed by atoms with Crippen LogP contribution in [-0.4, -0.2) is 13.7 Å². The Hall–Kier alpha value is -0.860. The van der Waals surface area contributed by atoms with Crippen LogP contribution < -0.4 is 5.32 Å². The van der Waals surface area contributed by atoms with Crippen molar-refractivity contribution in [1.82, 2.24) is 5.32 Å². The van der Waals surface area contributed by atoms with Gasteiger partial charge in [0.25, 0.3) is 0 Å². The summed E-state index contributed by atoms with van der Waals surface area (Å²) >= 11 is 0. The zero-order valence-corrected chi connectivity index (χ0v) is 12.2. The van der Waals surface area contributed by atoms with Crippen LogP contribution in [0.4, 0.5) is 0 Å². The van der Waals surface area contributed by atoms with Crippen molar-refractivity contribution in [2.75, 3.05) is 13.7 Å². The third-order valence-corrected chi connectivity index (χ3v) is 4.17. The predicted octanol–water partition coefficient (Wildman–Crippen LogP) is 3.89. The molecule has 2 heteroatoms. The zero-order valence-electron chi connectivity index (χ0n) is 12.2. The second kappa shape index (κ2) is 8.34. The van der Waals surface area contributed by atoms with Crippen molar-refractivity contribution in [3.63, 3.8) is 0 Å². The molecule has 0 amide bonds. The molecule has 0 atom stereocenters. The molecule has 1 aliphatic carbocycles. The van der Waals surface area contributed by atoms with Crippen LogP contribution >= 0.6 is 0 Å². The van der Waals surface area contributed by atoms with E-state index in [-0.39, 0.29) is 0 Å². The van der Waals surface area contributed by atoms with Crippen LogP contribution in [0.15, 0.2) is 24.3 Å². The van der Waals surface area contributed by atoms with E-state index in [0.717, 1.165) is 19.0 Å². The molecule has 0 aromatic heterocycles. The topological polar surface area (TPSA) is 21.3 Å². The van der Waals surface area contributed by atoms with Crippen LogP contribution in [0.25, 0.3) is 0 Å². The highest BCUT2D eigenvalue weighted by Crippen LogP contribution is 2.28. The van der Waals surface area contributed by atoms with E-state index in [2.05, 4.69) is 29.6 Å². The fourth-order valence-electron chi connectivity index (χ4n) is 3.06. The number of nitrogens with one attached hydrogen (secondary N) is 1. The minimum Gasteiger partial charge on any atom is -0.380 e. The van der Waals surface area contributed by atoms with Gasteiger partial charge in [-0.1, -0.05) is 49.9 Å². The maximum Gasteiger partial charge on any atom is 0.0716 e. The van der Waals surface area contributed by atoms with E-state index >= 15 is 0 Å². The van der Waals surface area contributed by atoms with Gasteiger partial charge in [0, 0.05) is 13.7 Å². The molecule has 0 bridgehead atoms. The number of rotatable bonds is 8. The summed E-state index contributed by atoms with van der Waals surface area (Å²) in [6.45, 7) is 2.81. The van der Waals surface area contributed by atoms with E-state index in [0.29, 0.717) is 6.61 Å². The number of hydrogen-bond donors (Lipinski definition) is 1. The fourth-order valence-corrected chi connectivity index (χ4v) is 3.06. The van der Waals surface area contributed by atoms with Crippen molar-refractivity contribution >= 4 is 0 Å². The highest BCUT2D eigenvalue weighted by atomic mass is 16.5. The molecule has 0 aliphatic heterocycles. The first-order valence-electron chi connectivity index (χ1n) is 7.66. The molecule has 0 heterocycles. The van der Waals surface area contributed by atoms with Crippen molar-refractivity contribution in [3.05, 3.63) is 35.4 Å². The predicted molar refractivity (Wildman–Crippen MR) is 80.1 cm³/mol. The first kappa shape index (κ1) is 14.5. The summed E-state index contributed by atoms with van der Waals surface area (Å²) in [6, 6.07) is 8.53. The van der Waals surface area contributed by atoms with Gasteiger partial charge in [0.2, 0.25) is 0 Å². The molecular formula is C17H27NO. The minimum absolute atomic E-state index is 0.708. The van der Waals surface area contributed by atoms with Crippen molar-refractivity contribution in [3.8, 4) is 0 Å². The average molecular weight is 261 g/mol. The Morgan fingerprint density at radius 2 is 1.89 bits per heavy atom. The van der Waals surface area contributed by atoms with Gasteiger partial charge in [-0.15, -0.1) is 0 Å². The Morgan fingerprint density at radius 1 is 1.16 bits per heavy atom. The molecule has 1 aromatic carbocycles. The van der Waals surface area contributed by atoms with Crippen molar-refractivity contribution in [2.24, 2.45) is 5.92 Å². The second-order valence-corrected chi connectivity index (χ2v) is 5.67. The van der Waals surface area contributed by atoms with Crippen molar-refractivity contribution < 1.29 is 4.74 Å².